The van der Waals surface area contributed by atoms with E-state index in [0.717, 1.165) is 16.5 Å². The molecule has 0 amide bonds. The molecule has 1 atom stereocenters. The van der Waals surface area contributed by atoms with Crippen LogP contribution in [0.25, 0.3) is 0 Å². The minimum absolute atomic E-state index is 0.326. The van der Waals surface area contributed by atoms with Gasteiger partial charge in [0.05, 0.1) is 6.10 Å². The summed E-state index contributed by atoms with van der Waals surface area (Å²) in [6.07, 6.45) is 0.434. The second-order valence-electron chi connectivity index (χ2n) is 2.48. The molecule has 0 radical (unpaired) electrons. The number of rotatable bonds is 2. The maximum Gasteiger partial charge on any atom is 0.0787 e. The van der Waals surface area contributed by atoms with Crippen molar-refractivity contribution in [2.45, 2.75) is 19.4 Å². The van der Waals surface area contributed by atoms with Gasteiger partial charge in [-0.15, -0.1) is 0 Å². The van der Waals surface area contributed by atoms with Gasteiger partial charge in [0, 0.05) is 4.47 Å². The highest BCUT2D eigenvalue weighted by Crippen LogP contribution is 2.19. The van der Waals surface area contributed by atoms with Crippen molar-refractivity contribution >= 4 is 15.9 Å². The monoisotopic (exact) mass is 214 g/mol. The molecule has 0 bridgehead atoms. The SMILES string of the molecule is CC[C@@H](O)c1cccc(Br)c1. The van der Waals surface area contributed by atoms with Crippen LogP contribution in [0.1, 0.15) is 25.0 Å². The lowest BCUT2D eigenvalue weighted by Gasteiger charge is -2.07. The van der Waals surface area contributed by atoms with Crippen LogP contribution in [-0.4, -0.2) is 5.11 Å². The summed E-state index contributed by atoms with van der Waals surface area (Å²) in [5.74, 6) is 0. The molecule has 0 spiro atoms. The van der Waals surface area contributed by atoms with Crippen LogP contribution in [0.3, 0.4) is 0 Å². The Kier molecular flexibility index (Phi) is 3.09. The Morgan fingerprint density at radius 1 is 1.55 bits per heavy atom. The topological polar surface area (TPSA) is 20.2 Å². The van der Waals surface area contributed by atoms with Gasteiger partial charge in [-0.25, -0.2) is 0 Å². The van der Waals surface area contributed by atoms with Crippen LogP contribution in [0.2, 0.25) is 0 Å². The molecule has 2 heteroatoms. The highest BCUT2D eigenvalue weighted by molar-refractivity contribution is 9.10. The van der Waals surface area contributed by atoms with E-state index in [4.69, 9.17) is 0 Å². The predicted molar refractivity (Wildman–Crippen MR) is 49.4 cm³/mol. The molecule has 0 aliphatic rings. The fourth-order valence-corrected chi connectivity index (χ4v) is 1.37. The summed E-state index contributed by atoms with van der Waals surface area (Å²) in [6.45, 7) is 1.96. The smallest absolute Gasteiger partial charge is 0.0787 e. The maximum absolute atomic E-state index is 9.43. The summed E-state index contributed by atoms with van der Waals surface area (Å²) < 4.78 is 1.02. The van der Waals surface area contributed by atoms with Crippen LogP contribution >= 0.6 is 15.9 Å². The summed E-state index contributed by atoms with van der Waals surface area (Å²) in [7, 11) is 0. The lowest BCUT2D eigenvalue weighted by molar-refractivity contribution is 0.173. The Hall–Kier alpha value is -0.340. The lowest BCUT2D eigenvalue weighted by atomic mass is 10.1. The van der Waals surface area contributed by atoms with Gasteiger partial charge in [-0.3, -0.25) is 0 Å². The van der Waals surface area contributed by atoms with Crippen molar-refractivity contribution in [1.29, 1.82) is 0 Å². The van der Waals surface area contributed by atoms with Crippen molar-refractivity contribution in [3.8, 4) is 0 Å². The number of halogens is 1. The molecule has 60 valence electrons. The van der Waals surface area contributed by atoms with Crippen LogP contribution in [-0.2, 0) is 0 Å². The Labute approximate surface area is 75.2 Å². The Morgan fingerprint density at radius 3 is 2.82 bits per heavy atom. The average molecular weight is 215 g/mol. The van der Waals surface area contributed by atoms with E-state index in [1.54, 1.807) is 0 Å². The number of hydrogen-bond donors (Lipinski definition) is 1. The van der Waals surface area contributed by atoms with Gasteiger partial charge in [0.25, 0.3) is 0 Å². The zero-order valence-corrected chi connectivity index (χ0v) is 8.01. The van der Waals surface area contributed by atoms with Gasteiger partial charge < -0.3 is 5.11 Å². The van der Waals surface area contributed by atoms with Gasteiger partial charge >= 0.3 is 0 Å². The van der Waals surface area contributed by atoms with Crippen LogP contribution in [0.15, 0.2) is 28.7 Å². The van der Waals surface area contributed by atoms with E-state index in [1.165, 1.54) is 0 Å². The highest BCUT2D eigenvalue weighted by atomic mass is 79.9. The summed E-state index contributed by atoms with van der Waals surface area (Å²) in [4.78, 5) is 0. The second kappa shape index (κ2) is 3.88. The zero-order chi connectivity index (χ0) is 8.27. The van der Waals surface area contributed by atoms with E-state index < -0.39 is 0 Å². The van der Waals surface area contributed by atoms with Crippen molar-refractivity contribution in [3.05, 3.63) is 34.3 Å². The normalized spacial score (nSPS) is 13.0. The third-order valence-corrected chi connectivity index (χ3v) is 2.11. The van der Waals surface area contributed by atoms with E-state index in [9.17, 15) is 5.11 Å². The van der Waals surface area contributed by atoms with E-state index in [1.807, 2.05) is 31.2 Å². The van der Waals surface area contributed by atoms with E-state index in [2.05, 4.69) is 15.9 Å². The van der Waals surface area contributed by atoms with Crippen LogP contribution < -0.4 is 0 Å². The van der Waals surface area contributed by atoms with Crippen LogP contribution in [0, 0.1) is 0 Å². The molecule has 0 unspecified atom stereocenters. The molecule has 0 heterocycles. The molecule has 1 N–H and O–H groups in total. The number of aliphatic hydroxyl groups excluding tert-OH is 1. The molecule has 0 aromatic heterocycles. The molecular formula is C9H11BrO. The van der Waals surface area contributed by atoms with Crippen molar-refractivity contribution < 1.29 is 5.11 Å². The van der Waals surface area contributed by atoms with E-state index in [0.29, 0.717) is 0 Å². The Balaban J connectivity index is 2.86. The fourth-order valence-electron chi connectivity index (χ4n) is 0.950. The third kappa shape index (κ3) is 2.31. The third-order valence-electron chi connectivity index (χ3n) is 1.62. The standard InChI is InChI=1S/C9H11BrO/c1-2-9(11)7-4-3-5-8(10)6-7/h3-6,9,11H,2H2,1H3/t9-/m1/s1. The lowest BCUT2D eigenvalue weighted by Crippen LogP contribution is -1.93. The van der Waals surface area contributed by atoms with E-state index >= 15 is 0 Å². The van der Waals surface area contributed by atoms with Crippen molar-refractivity contribution in [3.63, 3.8) is 0 Å². The summed E-state index contributed by atoms with van der Waals surface area (Å²) >= 11 is 3.35. The van der Waals surface area contributed by atoms with Crippen molar-refractivity contribution in [2.75, 3.05) is 0 Å². The quantitative estimate of drug-likeness (QED) is 0.804. The minimum Gasteiger partial charge on any atom is -0.388 e. The van der Waals surface area contributed by atoms with Gasteiger partial charge in [0.2, 0.25) is 0 Å². The molecule has 0 fully saturated rings. The van der Waals surface area contributed by atoms with Crippen molar-refractivity contribution in [1.82, 2.24) is 0 Å². The first-order valence-corrected chi connectivity index (χ1v) is 4.47. The first-order chi connectivity index (χ1) is 5.24. The molecule has 0 saturated heterocycles. The second-order valence-corrected chi connectivity index (χ2v) is 3.39. The Morgan fingerprint density at radius 2 is 2.27 bits per heavy atom. The molecule has 1 nitrogen and oxygen atoms in total. The van der Waals surface area contributed by atoms with Gasteiger partial charge in [0.15, 0.2) is 0 Å². The highest BCUT2D eigenvalue weighted by Gasteiger charge is 2.03. The zero-order valence-electron chi connectivity index (χ0n) is 6.42. The van der Waals surface area contributed by atoms with Crippen molar-refractivity contribution in [2.24, 2.45) is 0 Å². The first kappa shape index (κ1) is 8.75. The minimum atomic E-state index is -0.326. The van der Waals surface area contributed by atoms with E-state index in [-0.39, 0.29) is 6.10 Å². The molecule has 1 aromatic carbocycles. The van der Waals surface area contributed by atoms with Gasteiger partial charge in [-0.2, -0.15) is 0 Å². The molecule has 1 rings (SSSR count). The van der Waals surface area contributed by atoms with Crippen LogP contribution in [0.4, 0.5) is 0 Å². The Bertz CT molecular complexity index is 235. The molecule has 0 aliphatic carbocycles. The summed E-state index contributed by atoms with van der Waals surface area (Å²) in [5, 5.41) is 9.43. The molecular weight excluding hydrogens is 204 g/mol. The molecule has 1 aromatic rings. The number of hydrogen-bond acceptors (Lipinski definition) is 1. The molecule has 0 saturated carbocycles. The number of benzene rings is 1. The largest absolute Gasteiger partial charge is 0.388 e. The molecule has 0 aliphatic heterocycles. The van der Waals surface area contributed by atoms with Crippen LogP contribution in [0.5, 0.6) is 0 Å². The predicted octanol–water partition coefficient (Wildman–Crippen LogP) is 2.89. The fraction of sp³-hybridized carbons (Fsp3) is 0.333. The summed E-state index contributed by atoms with van der Waals surface area (Å²) in [6, 6.07) is 7.75. The maximum atomic E-state index is 9.43. The van der Waals surface area contributed by atoms with Gasteiger partial charge in [0.1, 0.15) is 0 Å². The van der Waals surface area contributed by atoms with Gasteiger partial charge in [-0.1, -0.05) is 35.0 Å². The number of aliphatic hydroxyl groups is 1. The average Bonchev–Trinajstić information content (AvgIpc) is 2.03. The van der Waals surface area contributed by atoms with Gasteiger partial charge in [-0.05, 0) is 24.1 Å². The summed E-state index contributed by atoms with van der Waals surface area (Å²) in [5.41, 5.74) is 0.974. The first-order valence-electron chi connectivity index (χ1n) is 3.67. The molecule has 11 heavy (non-hydrogen) atoms.